The number of nitrogens with zero attached hydrogens (tertiary/aromatic N) is 6. The maximum atomic E-state index is 8.96. The lowest BCUT2D eigenvalue weighted by Gasteiger charge is -2.00. The van der Waals surface area contributed by atoms with Crippen LogP contribution < -0.4 is 0 Å². The van der Waals surface area contributed by atoms with E-state index >= 15 is 0 Å². The highest BCUT2D eigenvalue weighted by molar-refractivity contribution is 5.81. The van der Waals surface area contributed by atoms with Crippen molar-refractivity contribution in [2.24, 2.45) is 0 Å². The first-order chi connectivity index (χ1) is 8.28. The van der Waals surface area contributed by atoms with E-state index in [4.69, 9.17) is 5.11 Å². The van der Waals surface area contributed by atoms with Crippen LogP contribution in [-0.2, 0) is 6.61 Å². The molecule has 3 aromatic heterocycles. The number of aliphatic hydroxyl groups is 1. The zero-order valence-electron chi connectivity index (χ0n) is 8.99. The third-order valence-corrected chi connectivity index (χ3v) is 2.29. The molecule has 0 aliphatic heterocycles. The Morgan fingerprint density at radius 1 is 1.35 bits per heavy atom. The Hall–Kier alpha value is -2.35. The van der Waals surface area contributed by atoms with Gasteiger partial charge in [0.25, 0.3) is 0 Å². The second kappa shape index (κ2) is 3.59. The summed E-state index contributed by atoms with van der Waals surface area (Å²) in [7, 11) is 0. The number of rotatable bonds is 2. The Balaban J connectivity index is 2.24. The van der Waals surface area contributed by atoms with E-state index in [1.165, 1.54) is 11.0 Å². The van der Waals surface area contributed by atoms with Crippen LogP contribution >= 0.6 is 0 Å². The van der Waals surface area contributed by atoms with Gasteiger partial charge in [-0.2, -0.15) is 10.2 Å². The van der Waals surface area contributed by atoms with Crippen molar-refractivity contribution < 1.29 is 5.11 Å². The fourth-order valence-electron chi connectivity index (χ4n) is 1.55. The predicted octanol–water partition coefficient (Wildman–Crippen LogP) is -0.266. The molecule has 0 radical (unpaired) electrons. The number of hydrogen-bond acceptors (Lipinski definition) is 6. The smallest absolute Gasteiger partial charge is 0.188 e. The molecule has 86 valence electrons. The fourth-order valence-corrected chi connectivity index (χ4v) is 1.55. The molecule has 0 saturated carbocycles. The lowest BCUT2D eigenvalue weighted by Crippen LogP contribution is -2.05. The lowest BCUT2D eigenvalue weighted by molar-refractivity contribution is 0.276. The van der Waals surface area contributed by atoms with Gasteiger partial charge in [0.2, 0.25) is 0 Å². The summed E-state index contributed by atoms with van der Waals surface area (Å²) in [5.41, 5.74) is 1.12. The van der Waals surface area contributed by atoms with Crippen molar-refractivity contribution in [1.82, 2.24) is 35.2 Å². The molecule has 0 bridgehead atoms. The molecule has 17 heavy (non-hydrogen) atoms. The van der Waals surface area contributed by atoms with Crippen LogP contribution in [0.5, 0.6) is 0 Å². The Morgan fingerprint density at radius 2 is 2.24 bits per heavy atom. The highest BCUT2D eigenvalue weighted by Crippen LogP contribution is 2.15. The number of fused-ring (bicyclic) bond motifs is 1. The second-order valence-corrected chi connectivity index (χ2v) is 3.51. The maximum Gasteiger partial charge on any atom is 0.188 e. The molecule has 0 amide bonds. The number of aromatic nitrogens is 7. The van der Waals surface area contributed by atoms with Gasteiger partial charge in [0.1, 0.15) is 11.5 Å². The van der Waals surface area contributed by atoms with Crippen molar-refractivity contribution in [2.75, 3.05) is 0 Å². The number of aryl methyl sites for hydroxylation is 1. The van der Waals surface area contributed by atoms with Crippen LogP contribution in [0.2, 0.25) is 0 Å². The highest BCUT2D eigenvalue weighted by Gasteiger charge is 2.11. The van der Waals surface area contributed by atoms with Gasteiger partial charge < -0.3 is 5.11 Å². The van der Waals surface area contributed by atoms with Gasteiger partial charge in [0, 0.05) is 0 Å². The number of hydrogen-bond donors (Lipinski definition) is 2. The van der Waals surface area contributed by atoms with Crippen molar-refractivity contribution in [2.45, 2.75) is 13.5 Å². The molecule has 0 aliphatic rings. The molecular weight excluding hydrogens is 222 g/mol. The van der Waals surface area contributed by atoms with Crippen LogP contribution in [0.1, 0.15) is 11.5 Å². The van der Waals surface area contributed by atoms with Gasteiger partial charge in [-0.15, -0.1) is 9.90 Å². The van der Waals surface area contributed by atoms with E-state index in [9.17, 15) is 0 Å². The van der Waals surface area contributed by atoms with Crippen molar-refractivity contribution in [3.05, 3.63) is 23.9 Å². The van der Waals surface area contributed by atoms with E-state index < -0.39 is 0 Å². The lowest BCUT2D eigenvalue weighted by atomic mass is 10.4. The maximum absolute atomic E-state index is 8.96. The third-order valence-electron chi connectivity index (χ3n) is 2.29. The Kier molecular flexibility index (Phi) is 2.08. The zero-order valence-corrected chi connectivity index (χ0v) is 8.99. The topological polar surface area (TPSA) is 105 Å². The average Bonchev–Trinajstić information content (AvgIpc) is 2.95. The van der Waals surface area contributed by atoms with E-state index in [2.05, 4.69) is 30.4 Å². The van der Waals surface area contributed by atoms with Crippen molar-refractivity contribution in [3.63, 3.8) is 0 Å². The predicted molar refractivity (Wildman–Crippen MR) is 57.3 cm³/mol. The largest absolute Gasteiger partial charge is 0.390 e. The highest BCUT2D eigenvalue weighted by atomic mass is 16.3. The zero-order chi connectivity index (χ0) is 11.8. The van der Waals surface area contributed by atoms with E-state index in [0.717, 1.165) is 5.39 Å². The summed E-state index contributed by atoms with van der Waals surface area (Å²) in [5, 5.41) is 24.5. The van der Waals surface area contributed by atoms with E-state index in [0.29, 0.717) is 23.0 Å². The number of aliphatic hydroxyl groups excluding tert-OH is 1. The monoisotopic (exact) mass is 231 g/mol. The molecule has 0 fully saturated rings. The van der Waals surface area contributed by atoms with Gasteiger partial charge in [-0.3, -0.25) is 5.10 Å². The summed E-state index contributed by atoms with van der Waals surface area (Å²) < 4.78 is 0. The standard InChI is InChI=1S/C9H9N7O/c1-5-12-8-7(3-10-14-8)9(13-5)16-11-2-6(4-17)15-16/h2-3,17H,4H2,1H3,(H,10,12,13,14). The number of aromatic amines is 1. The molecule has 0 spiro atoms. The minimum absolute atomic E-state index is 0.154. The summed E-state index contributed by atoms with van der Waals surface area (Å²) in [4.78, 5) is 9.84. The van der Waals surface area contributed by atoms with Crippen LogP contribution in [0.4, 0.5) is 0 Å². The molecule has 8 nitrogen and oxygen atoms in total. The SMILES string of the molecule is Cc1nc(-n2ncc(CO)n2)c2cn[nH]c2n1. The minimum Gasteiger partial charge on any atom is -0.390 e. The summed E-state index contributed by atoms with van der Waals surface area (Å²) in [5.74, 6) is 1.14. The number of H-pyrrole nitrogens is 1. The summed E-state index contributed by atoms with van der Waals surface area (Å²) in [6, 6.07) is 0. The first kappa shape index (κ1) is 9.85. The fraction of sp³-hybridized carbons (Fsp3) is 0.222. The van der Waals surface area contributed by atoms with Gasteiger partial charge in [0.15, 0.2) is 11.5 Å². The Morgan fingerprint density at radius 3 is 3.00 bits per heavy atom. The molecule has 3 rings (SSSR count). The van der Waals surface area contributed by atoms with Crippen molar-refractivity contribution in [1.29, 1.82) is 0 Å². The van der Waals surface area contributed by atoms with Crippen molar-refractivity contribution >= 4 is 11.0 Å². The summed E-state index contributed by atoms with van der Waals surface area (Å²) >= 11 is 0. The summed E-state index contributed by atoms with van der Waals surface area (Å²) in [6.07, 6.45) is 3.11. The molecule has 3 aromatic rings. The van der Waals surface area contributed by atoms with E-state index in [1.807, 2.05) is 0 Å². The molecule has 0 saturated heterocycles. The molecule has 3 heterocycles. The molecular formula is C9H9N7O. The van der Waals surface area contributed by atoms with Crippen LogP contribution in [-0.4, -0.2) is 40.3 Å². The van der Waals surface area contributed by atoms with Crippen LogP contribution in [0.3, 0.4) is 0 Å². The van der Waals surface area contributed by atoms with Gasteiger partial charge in [-0.05, 0) is 6.92 Å². The molecule has 2 N–H and O–H groups in total. The van der Waals surface area contributed by atoms with Crippen molar-refractivity contribution in [3.8, 4) is 5.82 Å². The van der Waals surface area contributed by atoms with Crippen LogP contribution in [0.15, 0.2) is 12.4 Å². The van der Waals surface area contributed by atoms with E-state index in [-0.39, 0.29) is 6.61 Å². The minimum atomic E-state index is -0.154. The first-order valence-electron chi connectivity index (χ1n) is 4.98. The molecule has 0 aliphatic carbocycles. The van der Waals surface area contributed by atoms with Gasteiger partial charge >= 0.3 is 0 Å². The Labute approximate surface area is 95.3 Å². The van der Waals surface area contributed by atoms with E-state index in [1.54, 1.807) is 13.1 Å². The average molecular weight is 231 g/mol. The summed E-state index contributed by atoms with van der Waals surface area (Å²) in [6.45, 7) is 1.62. The quantitative estimate of drug-likeness (QED) is 0.629. The second-order valence-electron chi connectivity index (χ2n) is 3.51. The van der Waals surface area contributed by atoms with Crippen LogP contribution in [0.25, 0.3) is 16.9 Å². The normalized spacial score (nSPS) is 11.2. The molecule has 0 aromatic carbocycles. The van der Waals surface area contributed by atoms with Gasteiger partial charge in [0.05, 0.1) is 24.4 Å². The Bertz CT molecular complexity index is 671. The number of nitrogens with one attached hydrogen (secondary N) is 1. The van der Waals surface area contributed by atoms with Gasteiger partial charge in [-0.1, -0.05) is 0 Å². The molecule has 8 heteroatoms. The molecule has 0 unspecified atom stereocenters. The van der Waals surface area contributed by atoms with Crippen LogP contribution in [0, 0.1) is 6.92 Å². The van der Waals surface area contributed by atoms with Gasteiger partial charge in [-0.25, -0.2) is 9.97 Å². The third kappa shape index (κ3) is 1.54. The first-order valence-corrected chi connectivity index (χ1v) is 4.98. The molecule has 0 atom stereocenters.